The number of methoxy groups -OCH3 is 1. The van der Waals surface area contributed by atoms with Gasteiger partial charge in [0.25, 0.3) is 0 Å². The van der Waals surface area contributed by atoms with E-state index in [0.717, 1.165) is 22.4 Å². The zero-order valence-corrected chi connectivity index (χ0v) is 17.9. The summed E-state index contributed by atoms with van der Waals surface area (Å²) in [6.45, 7) is 6.91. The third-order valence-electron chi connectivity index (χ3n) is 5.43. The Morgan fingerprint density at radius 3 is 2.41 bits per heavy atom. The molecule has 0 aliphatic rings. The molecule has 0 aromatic heterocycles. The molecule has 4 nitrogen and oxygen atoms in total. The van der Waals surface area contributed by atoms with E-state index in [1.54, 1.807) is 7.11 Å². The fourth-order valence-corrected chi connectivity index (χ4v) is 3.48. The van der Waals surface area contributed by atoms with Crippen molar-refractivity contribution in [3.8, 4) is 5.75 Å². The monoisotopic (exact) mass is 390 g/mol. The van der Waals surface area contributed by atoms with E-state index in [1.165, 1.54) is 10.9 Å². The van der Waals surface area contributed by atoms with E-state index in [9.17, 15) is 4.79 Å². The molecule has 3 aromatic carbocycles. The minimum absolute atomic E-state index is 0.00567. The van der Waals surface area contributed by atoms with Crippen LogP contribution in [0.25, 0.3) is 10.8 Å². The van der Waals surface area contributed by atoms with Crippen LogP contribution in [0.1, 0.15) is 37.8 Å². The quantitative estimate of drug-likeness (QED) is 0.585. The molecule has 0 aliphatic heterocycles. The van der Waals surface area contributed by atoms with Gasteiger partial charge in [0.05, 0.1) is 13.2 Å². The Labute approximate surface area is 173 Å². The lowest BCUT2D eigenvalue weighted by atomic mass is 10.0. The predicted octanol–water partition coefficient (Wildman–Crippen LogP) is 5.43. The first-order valence-electron chi connectivity index (χ1n) is 10.1. The molecule has 3 aromatic rings. The molecule has 0 spiro atoms. The van der Waals surface area contributed by atoms with Crippen molar-refractivity contribution in [1.29, 1.82) is 0 Å². The van der Waals surface area contributed by atoms with Crippen molar-refractivity contribution in [2.45, 2.75) is 39.3 Å². The normalized spacial score (nSPS) is 12.4. The molecule has 0 radical (unpaired) electrons. The molecule has 1 atom stereocenters. The van der Waals surface area contributed by atoms with Gasteiger partial charge in [-0.15, -0.1) is 0 Å². The first-order chi connectivity index (χ1) is 13.9. The summed E-state index contributed by atoms with van der Waals surface area (Å²) in [4.78, 5) is 14.9. The second-order valence-corrected chi connectivity index (χ2v) is 7.87. The molecule has 0 saturated heterocycles. The number of ether oxygens (including phenoxy) is 1. The van der Waals surface area contributed by atoms with Gasteiger partial charge < -0.3 is 10.1 Å². The van der Waals surface area contributed by atoms with Gasteiger partial charge in [0.2, 0.25) is 5.91 Å². The number of nitrogens with one attached hydrogen (secondary N) is 1. The maximum absolute atomic E-state index is 12.8. The number of anilines is 1. The molecule has 3 rings (SSSR count). The van der Waals surface area contributed by atoms with Gasteiger partial charge in [-0.3, -0.25) is 9.69 Å². The van der Waals surface area contributed by atoms with E-state index in [-0.39, 0.29) is 11.9 Å². The van der Waals surface area contributed by atoms with Crippen LogP contribution in [0, 0.1) is 0 Å². The molecule has 29 heavy (non-hydrogen) atoms. The molecule has 0 saturated carbocycles. The summed E-state index contributed by atoms with van der Waals surface area (Å²) in [6.07, 6.45) is 0. The number of hydrogen-bond donors (Lipinski definition) is 1. The summed E-state index contributed by atoms with van der Waals surface area (Å²) >= 11 is 0. The summed E-state index contributed by atoms with van der Waals surface area (Å²) in [5.74, 6) is 1.22. The highest BCUT2D eigenvalue weighted by Gasteiger charge is 2.19. The lowest BCUT2D eigenvalue weighted by Crippen LogP contribution is -2.39. The van der Waals surface area contributed by atoms with Crippen molar-refractivity contribution in [2.75, 3.05) is 19.5 Å². The second-order valence-electron chi connectivity index (χ2n) is 7.87. The third kappa shape index (κ3) is 4.96. The Morgan fingerprint density at radius 1 is 1.00 bits per heavy atom. The lowest BCUT2D eigenvalue weighted by molar-refractivity contribution is -0.120. The van der Waals surface area contributed by atoms with E-state index < -0.39 is 0 Å². The number of carbonyl (C=O) groups excluding carboxylic acids is 1. The van der Waals surface area contributed by atoms with Crippen LogP contribution in [0.3, 0.4) is 0 Å². The number of carbonyl (C=O) groups is 1. The maximum Gasteiger partial charge on any atom is 0.241 e. The van der Waals surface area contributed by atoms with Gasteiger partial charge in [-0.1, -0.05) is 50.2 Å². The van der Waals surface area contributed by atoms with Gasteiger partial charge in [-0.25, -0.2) is 0 Å². The van der Waals surface area contributed by atoms with Crippen LogP contribution in [-0.4, -0.2) is 31.0 Å². The highest BCUT2D eigenvalue weighted by atomic mass is 16.5. The van der Waals surface area contributed by atoms with Crippen molar-refractivity contribution >= 4 is 22.4 Å². The molecule has 0 bridgehead atoms. The maximum atomic E-state index is 12.8. The minimum atomic E-state index is -0.248. The third-order valence-corrected chi connectivity index (χ3v) is 5.43. The van der Waals surface area contributed by atoms with E-state index in [1.807, 2.05) is 44.3 Å². The molecule has 1 unspecified atom stereocenters. The number of hydrogen-bond acceptors (Lipinski definition) is 3. The number of amides is 1. The summed E-state index contributed by atoms with van der Waals surface area (Å²) in [5.41, 5.74) is 3.22. The Kier molecular flexibility index (Phi) is 6.55. The summed E-state index contributed by atoms with van der Waals surface area (Å²) in [5, 5.41) is 5.42. The van der Waals surface area contributed by atoms with Crippen LogP contribution in [0.15, 0.2) is 60.7 Å². The molecule has 0 aliphatic carbocycles. The zero-order valence-electron chi connectivity index (χ0n) is 17.9. The van der Waals surface area contributed by atoms with E-state index in [4.69, 9.17) is 4.74 Å². The van der Waals surface area contributed by atoms with Crippen LogP contribution >= 0.6 is 0 Å². The standard InChI is InChI=1S/C25H30N2O2/c1-17(2)23-8-6-7-9-24(23)26-25(28)18(3)27(4)16-19-10-11-21-15-22(29-5)13-12-20(21)14-19/h6-15,17-18H,16H2,1-5H3,(H,26,28). The molecular formula is C25H30N2O2. The van der Waals surface area contributed by atoms with Crippen LogP contribution in [0.4, 0.5) is 5.69 Å². The van der Waals surface area contributed by atoms with Crippen molar-refractivity contribution in [3.63, 3.8) is 0 Å². The fraction of sp³-hybridized carbons (Fsp3) is 0.320. The van der Waals surface area contributed by atoms with E-state index >= 15 is 0 Å². The number of nitrogens with zero attached hydrogens (tertiary/aromatic N) is 1. The number of fused-ring (bicyclic) bond motifs is 1. The molecule has 0 heterocycles. The first kappa shape index (κ1) is 20.9. The summed E-state index contributed by atoms with van der Waals surface area (Å²) < 4.78 is 5.29. The Bertz CT molecular complexity index is 997. The highest BCUT2D eigenvalue weighted by Crippen LogP contribution is 2.25. The summed E-state index contributed by atoms with van der Waals surface area (Å²) in [6, 6.07) is 20.2. The minimum Gasteiger partial charge on any atom is -0.497 e. The van der Waals surface area contributed by atoms with Crippen molar-refractivity contribution in [2.24, 2.45) is 0 Å². The fourth-order valence-electron chi connectivity index (χ4n) is 3.48. The Balaban J connectivity index is 1.69. The van der Waals surface area contributed by atoms with Crippen LogP contribution in [-0.2, 0) is 11.3 Å². The lowest BCUT2D eigenvalue weighted by Gasteiger charge is -2.25. The number of benzene rings is 3. The Morgan fingerprint density at radius 2 is 1.69 bits per heavy atom. The second kappa shape index (κ2) is 9.10. The Hall–Kier alpha value is -2.85. The average molecular weight is 391 g/mol. The predicted molar refractivity (Wildman–Crippen MR) is 121 cm³/mol. The zero-order chi connectivity index (χ0) is 21.0. The van der Waals surface area contributed by atoms with Crippen molar-refractivity contribution < 1.29 is 9.53 Å². The molecular weight excluding hydrogens is 360 g/mol. The SMILES string of the molecule is COc1ccc2cc(CN(C)C(C)C(=O)Nc3ccccc3C(C)C)ccc2c1. The first-order valence-corrected chi connectivity index (χ1v) is 10.1. The van der Waals surface area contributed by atoms with Crippen LogP contribution < -0.4 is 10.1 Å². The van der Waals surface area contributed by atoms with E-state index in [2.05, 4.69) is 54.4 Å². The molecule has 1 amide bonds. The average Bonchev–Trinajstić information content (AvgIpc) is 2.72. The number of rotatable bonds is 7. The van der Waals surface area contributed by atoms with Crippen molar-refractivity contribution in [1.82, 2.24) is 4.90 Å². The molecule has 4 heteroatoms. The molecule has 0 fully saturated rings. The topological polar surface area (TPSA) is 41.6 Å². The van der Waals surface area contributed by atoms with Crippen LogP contribution in [0.5, 0.6) is 5.75 Å². The highest BCUT2D eigenvalue weighted by molar-refractivity contribution is 5.95. The number of para-hydroxylation sites is 1. The van der Waals surface area contributed by atoms with Gasteiger partial charge in [0, 0.05) is 12.2 Å². The number of likely N-dealkylation sites (N-methyl/N-ethyl adjacent to an activating group) is 1. The van der Waals surface area contributed by atoms with Gasteiger partial charge in [0.15, 0.2) is 0 Å². The largest absolute Gasteiger partial charge is 0.497 e. The van der Waals surface area contributed by atoms with Gasteiger partial charge in [-0.05, 0) is 66.1 Å². The molecule has 152 valence electrons. The van der Waals surface area contributed by atoms with Gasteiger partial charge in [0.1, 0.15) is 5.75 Å². The van der Waals surface area contributed by atoms with Gasteiger partial charge in [-0.2, -0.15) is 0 Å². The molecule has 1 N–H and O–H groups in total. The van der Waals surface area contributed by atoms with Crippen LogP contribution in [0.2, 0.25) is 0 Å². The summed E-state index contributed by atoms with van der Waals surface area (Å²) in [7, 11) is 3.66. The van der Waals surface area contributed by atoms with Gasteiger partial charge >= 0.3 is 0 Å². The van der Waals surface area contributed by atoms with Crippen molar-refractivity contribution in [3.05, 3.63) is 71.8 Å². The van der Waals surface area contributed by atoms with E-state index in [0.29, 0.717) is 12.5 Å². The smallest absolute Gasteiger partial charge is 0.241 e.